The van der Waals surface area contributed by atoms with Crippen molar-refractivity contribution in [3.63, 3.8) is 0 Å². The van der Waals surface area contributed by atoms with Crippen LogP contribution in [0.4, 0.5) is 0 Å². The minimum Gasteiger partial charge on any atom is -0.381 e. The number of benzene rings is 1. The van der Waals surface area contributed by atoms with E-state index in [1.54, 1.807) is 18.2 Å². The zero-order valence-electron chi connectivity index (χ0n) is 12.2. The lowest BCUT2D eigenvalue weighted by molar-refractivity contribution is 0.0624. The fourth-order valence-corrected chi connectivity index (χ4v) is 5.15. The smallest absolute Gasteiger partial charge is 0.178 e. The summed E-state index contributed by atoms with van der Waals surface area (Å²) in [6.07, 6.45) is 8.92. The van der Waals surface area contributed by atoms with E-state index in [9.17, 15) is 13.5 Å². The Hall–Kier alpha value is -1.13. The zero-order chi connectivity index (χ0) is 14.9. The normalized spacial score (nSPS) is 31.4. The van der Waals surface area contributed by atoms with Crippen molar-refractivity contribution in [3.8, 4) is 0 Å². The highest BCUT2D eigenvalue weighted by atomic mass is 32.2. The van der Waals surface area contributed by atoms with Gasteiger partial charge in [0.25, 0.3) is 0 Å². The SMILES string of the molecule is O=S1(=O)CCC(O)(/C2=C/CCCCCC2)c2ccccc21. The van der Waals surface area contributed by atoms with Crippen molar-refractivity contribution in [2.45, 2.75) is 55.4 Å². The van der Waals surface area contributed by atoms with Crippen LogP contribution in [-0.2, 0) is 15.4 Å². The summed E-state index contributed by atoms with van der Waals surface area (Å²) in [7, 11) is -3.26. The molecule has 0 spiro atoms. The molecule has 3 nitrogen and oxygen atoms in total. The third-order valence-electron chi connectivity index (χ3n) is 4.72. The van der Waals surface area contributed by atoms with Crippen molar-refractivity contribution in [1.29, 1.82) is 0 Å². The van der Waals surface area contributed by atoms with Crippen molar-refractivity contribution in [2.75, 3.05) is 5.75 Å². The molecule has 2 aliphatic rings. The van der Waals surface area contributed by atoms with Gasteiger partial charge in [-0.05, 0) is 43.7 Å². The van der Waals surface area contributed by atoms with E-state index < -0.39 is 15.4 Å². The minimum absolute atomic E-state index is 0.0256. The predicted molar refractivity (Wildman–Crippen MR) is 82.8 cm³/mol. The van der Waals surface area contributed by atoms with Crippen LogP contribution in [0.1, 0.15) is 50.5 Å². The van der Waals surface area contributed by atoms with Crippen LogP contribution in [0.15, 0.2) is 40.8 Å². The Morgan fingerprint density at radius 3 is 2.67 bits per heavy atom. The lowest BCUT2D eigenvalue weighted by atomic mass is 9.79. The first-order valence-electron chi connectivity index (χ1n) is 7.78. The van der Waals surface area contributed by atoms with Crippen LogP contribution in [0.25, 0.3) is 0 Å². The fraction of sp³-hybridized carbons (Fsp3) is 0.529. The second kappa shape index (κ2) is 5.58. The maximum Gasteiger partial charge on any atom is 0.178 e. The number of hydrogen-bond donors (Lipinski definition) is 1. The van der Waals surface area contributed by atoms with E-state index in [2.05, 4.69) is 6.08 Å². The average molecular weight is 306 g/mol. The molecular formula is C17H22O3S. The van der Waals surface area contributed by atoms with Crippen LogP contribution in [-0.4, -0.2) is 19.3 Å². The van der Waals surface area contributed by atoms with Gasteiger partial charge in [-0.15, -0.1) is 0 Å². The minimum atomic E-state index is -3.26. The summed E-state index contributed by atoms with van der Waals surface area (Å²) in [4.78, 5) is 0.307. The van der Waals surface area contributed by atoms with Gasteiger partial charge in [-0.2, -0.15) is 0 Å². The van der Waals surface area contributed by atoms with Crippen molar-refractivity contribution >= 4 is 9.84 Å². The highest BCUT2D eigenvalue weighted by Crippen LogP contribution is 2.43. The standard InChI is InChI=1S/C17H22O3S/c18-17(14-8-4-2-1-3-5-9-14)12-13-21(19,20)16-11-7-6-10-15(16)17/h6-8,10-11,18H,1-5,9,12-13H2/b14-8+. The van der Waals surface area contributed by atoms with E-state index in [0.717, 1.165) is 31.3 Å². The summed E-state index contributed by atoms with van der Waals surface area (Å²) in [5.41, 5.74) is 0.492. The summed E-state index contributed by atoms with van der Waals surface area (Å²) in [5, 5.41) is 11.3. The van der Waals surface area contributed by atoms with Gasteiger partial charge in [0.15, 0.2) is 9.84 Å². The average Bonchev–Trinajstić information content (AvgIpc) is 2.44. The van der Waals surface area contributed by atoms with Crippen LogP contribution in [0, 0.1) is 0 Å². The van der Waals surface area contributed by atoms with E-state index >= 15 is 0 Å². The van der Waals surface area contributed by atoms with Gasteiger partial charge in [-0.25, -0.2) is 8.42 Å². The Kier molecular flexibility index (Phi) is 3.93. The molecule has 0 amide bonds. The van der Waals surface area contributed by atoms with Gasteiger partial charge in [0.1, 0.15) is 5.60 Å². The first kappa shape index (κ1) is 14.8. The Labute approximate surface area is 126 Å². The summed E-state index contributed by atoms with van der Waals surface area (Å²) in [6, 6.07) is 6.94. The van der Waals surface area contributed by atoms with Crippen LogP contribution < -0.4 is 0 Å². The molecule has 4 heteroatoms. The lowest BCUT2D eigenvalue weighted by Crippen LogP contribution is -2.37. The third kappa shape index (κ3) is 2.67. The molecule has 1 aromatic rings. The molecule has 1 aromatic carbocycles. The maximum absolute atomic E-state index is 12.2. The molecule has 0 fully saturated rings. The molecule has 114 valence electrons. The summed E-state index contributed by atoms with van der Waals surface area (Å²) in [5.74, 6) is 0.0256. The van der Waals surface area contributed by atoms with Gasteiger partial charge in [0.2, 0.25) is 0 Å². The summed E-state index contributed by atoms with van der Waals surface area (Å²) < 4.78 is 24.5. The Morgan fingerprint density at radius 2 is 1.81 bits per heavy atom. The monoisotopic (exact) mass is 306 g/mol. The largest absolute Gasteiger partial charge is 0.381 e. The number of rotatable bonds is 1. The number of sulfone groups is 1. The van der Waals surface area contributed by atoms with Crippen molar-refractivity contribution in [1.82, 2.24) is 0 Å². The molecule has 1 heterocycles. The number of allylic oxidation sites excluding steroid dienone is 1. The highest BCUT2D eigenvalue weighted by molar-refractivity contribution is 7.91. The van der Waals surface area contributed by atoms with Gasteiger partial charge < -0.3 is 5.11 Å². The Bertz CT molecular complexity index is 660. The van der Waals surface area contributed by atoms with E-state index in [1.807, 2.05) is 6.07 Å². The highest BCUT2D eigenvalue weighted by Gasteiger charge is 2.42. The molecule has 0 bridgehead atoms. The molecule has 21 heavy (non-hydrogen) atoms. The van der Waals surface area contributed by atoms with E-state index in [1.165, 1.54) is 12.8 Å². The van der Waals surface area contributed by atoms with Crippen molar-refractivity contribution in [2.24, 2.45) is 0 Å². The second-order valence-corrected chi connectivity index (χ2v) is 8.19. The number of aliphatic hydroxyl groups is 1. The second-order valence-electron chi connectivity index (χ2n) is 6.11. The van der Waals surface area contributed by atoms with Crippen LogP contribution >= 0.6 is 0 Å². The zero-order valence-corrected chi connectivity index (χ0v) is 13.0. The lowest BCUT2D eigenvalue weighted by Gasteiger charge is -2.37. The quantitative estimate of drug-likeness (QED) is 0.810. The van der Waals surface area contributed by atoms with Crippen molar-refractivity contribution in [3.05, 3.63) is 41.5 Å². The van der Waals surface area contributed by atoms with Gasteiger partial charge in [-0.3, -0.25) is 0 Å². The molecule has 1 aliphatic carbocycles. The van der Waals surface area contributed by atoms with Crippen molar-refractivity contribution < 1.29 is 13.5 Å². The molecule has 1 aliphatic heterocycles. The van der Waals surface area contributed by atoms with Gasteiger partial charge in [0, 0.05) is 5.56 Å². The first-order valence-corrected chi connectivity index (χ1v) is 9.43. The Balaban J connectivity index is 2.09. The first-order chi connectivity index (χ1) is 10.0. The Morgan fingerprint density at radius 1 is 1.05 bits per heavy atom. The number of fused-ring (bicyclic) bond motifs is 1. The molecular weight excluding hydrogens is 284 g/mol. The van der Waals surface area contributed by atoms with Gasteiger partial charge in [-0.1, -0.05) is 37.1 Å². The van der Waals surface area contributed by atoms with E-state index in [0.29, 0.717) is 10.5 Å². The van der Waals surface area contributed by atoms with Gasteiger partial charge >= 0.3 is 0 Å². The van der Waals surface area contributed by atoms with E-state index in [-0.39, 0.29) is 12.2 Å². The van der Waals surface area contributed by atoms with Crippen LogP contribution in [0.5, 0.6) is 0 Å². The maximum atomic E-state index is 12.2. The van der Waals surface area contributed by atoms with E-state index in [4.69, 9.17) is 0 Å². The van der Waals surface area contributed by atoms with Gasteiger partial charge in [0.05, 0.1) is 10.6 Å². The topological polar surface area (TPSA) is 54.4 Å². The number of hydrogen-bond acceptors (Lipinski definition) is 3. The third-order valence-corrected chi connectivity index (χ3v) is 6.49. The molecule has 1 unspecified atom stereocenters. The molecule has 3 rings (SSSR count). The summed E-state index contributed by atoms with van der Waals surface area (Å²) in [6.45, 7) is 0. The van der Waals surface area contributed by atoms with Crippen LogP contribution in [0.3, 0.4) is 0 Å². The summed E-state index contributed by atoms with van der Waals surface area (Å²) >= 11 is 0. The fourth-order valence-electron chi connectivity index (χ4n) is 3.51. The molecule has 0 saturated carbocycles. The molecule has 1 N–H and O–H groups in total. The molecule has 1 atom stereocenters. The molecule has 0 saturated heterocycles. The molecule has 0 radical (unpaired) electrons. The van der Waals surface area contributed by atoms with Crippen LogP contribution in [0.2, 0.25) is 0 Å². The predicted octanol–water partition coefficient (Wildman–Crippen LogP) is 3.33. The molecule has 0 aromatic heterocycles.